The SMILES string of the molecule is CN=C(NCc1ccc(N2CCSCC2)cc1)NC(C)Cc1c(C)nn(C)c1C.I. The van der Waals surface area contributed by atoms with Crippen LogP contribution in [-0.4, -0.2) is 53.4 Å². The van der Waals surface area contributed by atoms with Crippen LogP contribution in [0.3, 0.4) is 0 Å². The molecule has 1 aliphatic heterocycles. The molecule has 0 saturated carbocycles. The number of guanidine groups is 1. The Labute approximate surface area is 202 Å². The van der Waals surface area contributed by atoms with Crippen molar-refractivity contribution >= 4 is 47.4 Å². The van der Waals surface area contributed by atoms with Crippen LogP contribution in [0.5, 0.6) is 0 Å². The number of nitrogens with zero attached hydrogens (tertiary/aromatic N) is 4. The molecule has 0 aliphatic carbocycles. The molecule has 1 fully saturated rings. The van der Waals surface area contributed by atoms with Gasteiger partial charge in [-0.1, -0.05) is 12.1 Å². The first-order valence-electron chi connectivity index (χ1n) is 10.4. The summed E-state index contributed by atoms with van der Waals surface area (Å²) in [5.41, 5.74) is 6.23. The fourth-order valence-electron chi connectivity index (χ4n) is 3.73. The lowest BCUT2D eigenvalue weighted by atomic mass is 10.1. The molecular weight excluding hydrogens is 507 g/mol. The number of halogens is 1. The second-order valence-corrected chi connectivity index (χ2v) is 8.94. The van der Waals surface area contributed by atoms with E-state index in [0.717, 1.165) is 37.7 Å². The second kappa shape index (κ2) is 11.8. The smallest absolute Gasteiger partial charge is 0.191 e. The largest absolute Gasteiger partial charge is 0.370 e. The third-order valence-electron chi connectivity index (χ3n) is 5.55. The molecule has 0 bridgehead atoms. The van der Waals surface area contributed by atoms with Gasteiger partial charge in [-0.15, -0.1) is 24.0 Å². The van der Waals surface area contributed by atoms with Gasteiger partial charge in [-0.3, -0.25) is 9.67 Å². The van der Waals surface area contributed by atoms with Crippen LogP contribution in [0.4, 0.5) is 5.69 Å². The van der Waals surface area contributed by atoms with Crippen molar-refractivity contribution in [2.45, 2.75) is 39.8 Å². The molecule has 2 aromatic rings. The van der Waals surface area contributed by atoms with Crippen LogP contribution < -0.4 is 15.5 Å². The predicted octanol–water partition coefficient (Wildman–Crippen LogP) is 3.50. The van der Waals surface area contributed by atoms with Crippen LogP contribution in [-0.2, 0) is 20.0 Å². The van der Waals surface area contributed by atoms with Gasteiger partial charge in [-0.25, -0.2) is 0 Å². The standard InChI is InChI=1S/C22H34N6S.HI/c1-16(14-21-17(2)26-27(5)18(21)3)25-22(23-4)24-15-19-6-8-20(9-7-19)28-10-12-29-13-11-28;/h6-9,16H,10-15H2,1-5H3,(H2,23,24,25);1H. The number of aromatic nitrogens is 2. The number of hydrogen-bond donors (Lipinski definition) is 2. The molecule has 6 nitrogen and oxygen atoms in total. The van der Waals surface area contributed by atoms with Crippen LogP contribution in [0.15, 0.2) is 29.3 Å². The first-order chi connectivity index (χ1) is 14.0. The summed E-state index contributed by atoms with van der Waals surface area (Å²) in [7, 11) is 3.82. The van der Waals surface area contributed by atoms with Gasteiger partial charge < -0.3 is 15.5 Å². The summed E-state index contributed by atoms with van der Waals surface area (Å²) in [5, 5.41) is 11.5. The van der Waals surface area contributed by atoms with E-state index in [9.17, 15) is 0 Å². The average molecular weight is 543 g/mol. The Balaban J connectivity index is 0.00000320. The van der Waals surface area contributed by atoms with E-state index in [0.29, 0.717) is 0 Å². The summed E-state index contributed by atoms with van der Waals surface area (Å²) >= 11 is 2.04. The Morgan fingerprint density at radius 2 is 1.87 bits per heavy atom. The molecule has 1 aromatic heterocycles. The van der Waals surface area contributed by atoms with Gasteiger partial charge in [0.05, 0.1) is 5.69 Å². The molecular formula is C22H35IN6S. The summed E-state index contributed by atoms with van der Waals surface area (Å²) in [6, 6.07) is 9.16. The molecule has 1 aliphatic rings. The molecule has 1 saturated heterocycles. The maximum absolute atomic E-state index is 4.52. The quantitative estimate of drug-likeness (QED) is 0.333. The number of hydrogen-bond acceptors (Lipinski definition) is 4. The minimum Gasteiger partial charge on any atom is -0.370 e. The third kappa shape index (κ3) is 6.54. The Morgan fingerprint density at radius 1 is 1.20 bits per heavy atom. The topological polar surface area (TPSA) is 57.5 Å². The maximum atomic E-state index is 4.52. The number of benzene rings is 1. The first kappa shape index (κ1) is 24.8. The van der Waals surface area contributed by atoms with E-state index >= 15 is 0 Å². The third-order valence-corrected chi connectivity index (χ3v) is 6.49. The van der Waals surface area contributed by atoms with Crippen molar-refractivity contribution in [3.05, 3.63) is 46.8 Å². The fourth-order valence-corrected chi connectivity index (χ4v) is 4.63. The molecule has 0 spiro atoms. The van der Waals surface area contributed by atoms with Crippen LogP contribution in [0.25, 0.3) is 0 Å². The molecule has 30 heavy (non-hydrogen) atoms. The number of nitrogens with one attached hydrogen (secondary N) is 2. The van der Waals surface area contributed by atoms with Gasteiger partial charge in [0, 0.05) is 62.7 Å². The monoisotopic (exact) mass is 542 g/mol. The Kier molecular flexibility index (Phi) is 9.80. The summed E-state index contributed by atoms with van der Waals surface area (Å²) in [6.07, 6.45) is 0.926. The van der Waals surface area contributed by atoms with Crippen molar-refractivity contribution in [3.63, 3.8) is 0 Å². The van der Waals surface area contributed by atoms with Crippen LogP contribution in [0, 0.1) is 13.8 Å². The number of rotatable bonds is 6. The first-order valence-corrected chi connectivity index (χ1v) is 11.5. The number of aryl methyl sites for hydroxylation is 2. The molecule has 1 aromatic carbocycles. The highest BCUT2D eigenvalue weighted by molar-refractivity contribution is 14.0. The lowest BCUT2D eigenvalue weighted by Gasteiger charge is -2.28. The van der Waals surface area contributed by atoms with E-state index in [1.54, 1.807) is 0 Å². The van der Waals surface area contributed by atoms with Crippen molar-refractivity contribution in [2.75, 3.05) is 36.5 Å². The summed E-state index contributed by atoms with van der Waals surface area (Å²) in [6.45, 7) is 9.44. The minimum absolute atomic E-state index is 0. The summed E-state index contributed by atoms with van der Waals surface area (Å²) < 4.78 is 1.96. The molecule has 1 atom stereocenters. The highest BCUT2D eigenvalue weighted by Crippen LogP contribution is 2.20. The van der Waals surface area contributed by atoms with Crippen LogP contribution >= 0.6 is 35.7 Å². The Hall–Kier alpha value is -1.42. The lowest BCUT2D eigenvalue weighted by molar-refractivity contribution is 0.635. The molecule has 0 amide bonds. The zero-order valence-corrected chi connectivity index (χ0v) is 21.9. The van der Waals surface area contributed by atoms with E-state index in [4.69, 9.17) is 0 Å². The minimum atomic E-state index is 0. The predicted molar refractivity (Wildman–Crippen MR) is 141 cm³/mol. The van der Waals surface area contributed by atoms with E-state index < -0.39 is 0 Å². The molecule has 8 heteroatoms. The van der Waals surface area contributed by atoms with E-state index in [2.05, 4.69) is 70.7 Å². The van der Waals surface area contributed by atoms with Gasteiger partial charge in [0.15, 0.2) is 5.96 Å². The lowest BCUT2D eigenvalue weighted by Crippen LogP contribution is -2.42. The number of aliphatic imine (C=N–C) groups is 1. The van der Waals surface area contributed by atoms with Gasteiger partial charge in [0.25, 0.3) is 0 Å². The van der Waals surface area contributed by atoms with Crippen molar-refractivity contribution in [1.29, 1.82) is 0 Å². The number of anilines is 1. The van der Waals surface area contributed by atoms with Gasteiger partial charge >= 0.3 is 0 Å². The summed E-state index contributed by atoms with van der Waals surface area (Å²) in [4.78, 5) is 6.86. The van der Waals surface area contributed by atoms with E-state index in [1.807, 2.05) is 30.5 Å². The fraction of sp³-hybridized carbons (Fsp3) is 0.545. The van der Waals surface area contributed by atoms with E-state index in [-0.39, 0.29) is 30.0 Å². The molecule has 3 rings (SSSR count). The van der Waals surface area contributed by atoms with Gasteiger partial charge in [-0.05, 0) is 50.5 Å². The van der Waals surface area contributed by atoms with Gasteiger partial charge in [0.2, 0.25) is 0 Å². The normalized spacial score (nSPS) is 15.5. The second-order valence-electron chi connectivity index (χ2n) is 7.71. The number of thioether (sulfide) groups is 1. The molecule has 0 radical (unpaired) electrons. The average Bonchev–Trinajstić information content (AvgIpc) is 2.98. The zero-order chi connectivity index (χ0) is 20.8. The zero-order valence-electron chi connectivity index (χ0n) is 18.7. The van der Waals surface area contributed by atoms with Crippen molar-refractivity contribution in [2.24, 2.45) is 12.0 Å². The van der Waals surface area contributed by atoms with Gasteiger partial charge in [-0.2, -0.15) is 16.9 Å². The molecule has 1 unspecified atom stereocenters. The highest BCUT2D eigenvalue weighted by atomic mass is 127. The van der Waals surface area contributed by atoms with Crippen LogP contribution in [0.1, 0.15) is 29.4 Å². The van der Waals surface area contributed by atoms with Crippen molar-refractivity contribution in [3.8, 4) is 0 Å². The molecule has 2 heterocycles. The highest BCUT2D eigenvalue weighted by Gasteiger charge is 2.14. The Bertz CT molecular complexity index is 827. The van der Waals surface area contributed by atoms with Crippen LogP contribution in [0.2, 0.25) is 0 Å². The Morgan fingerprint density at radius 3 is 2.43 bits per heavy atom. The summed E-state index contributed by atoms with van der Waals surface area (Å²) in [5.74, 6) is 3.28. The van der Waals surface area contributed by atoms with Crippen molar-refractivity contribution < 1.29 is 0 Å². The molecule has 166 valence electrons. The molecule has 2 N–H and O–H groups in total. The van der Waals surface area contributed by atoms with Crippen molar-refractivity contribution in [1.82, 2.24) is 20.4 Å². The maximum Gasteiger partial charge on any atom is 0.191 e. The van der Waals surface area contributed by atoms with Gasteiger partial charge in [0.1, 0.15) is 0 Å². The van der Waals surface area contributed by atoms with E-state index in [1.165, 1.54) is 34.0 Å².